The molecular weight excluding hydrogens is 481 g/mol. The highest BCUT2D eigenvalue weighted by molar-refractivity contribution is 7.71. The predicted octanol–water partition coefficient (Wildman–Crippen LogP) is 5.31. The number of nitrogens with zero attached hydrogens (tertiary/aromatic N) is 2. The molecule has 4 nitrogen and oxygen atoms in total. The fraction of sp³-hybridized carbons (Fsp3) is 0.333. The lowest BCUT2D eigenvalue weighted by atomic mass is 10.1. The standard InChI is InChI=1S/C15H7F11N2O2S/c16-12(17,15(24,25)26)5-27-9(29)4-10(30)28(11(27)31)8-2-6(13(18,19)20)1-7(3-8)14(21,22)23/h1-4,29H,5H2. The zero-order valence-corrected chi connectivity index (χ0v) is 15.1. The summed E-state index contributed by atoms with van der Waals surface area (Å²) in [6.45, 7) is -2.40. The SMILES string of the molecule is O=c1cc(O)n(CC(F)(F)C(F)(F)F)c(=S)n1-c1cc(C(F)(F)F)cc(C(F)(F)F)c1. The topological polar surface area (TPSA) is 47.2 Å². The van der Waals surface area contributed by atoms with Gasteiger partial charge in [-0.15, -0.1) is 0 Å². The first-order valence-corrected chi connectivity index (χ1v) is 7.97. The van der Waals surface area contributed by atoms with E-state index in [0.717, 1.165) is 0 Å². The van der Waals surface area contributed by atoms with Crippen molar-refractivity contribution in [1.82, 2.24) is 9.13 Å². The molecule has 0 spiro atoms. The van der Waals surface area contributed by atoms with Gasteiger partial charge in [0.15, 0.2) is 10.7 Å². The van der Waals surface area contributed by atoms with Crippen LogP contribution in [0.4, 0.5) is 48.3 Å². The minimum absolute atomic E-state index is 0.00965. The van der Waals surface area contributed by atoms with Crippen LogP contribution in [0.15, 0.2) is 29.1 Å². The highest BCUT2D eigenvalue weighted by Gasteiger charge is 2.58. The van der Waals surface area contributed by atoms with Crippen molar-refractivity contribution in [3.8, 4) is 11.6 Å². The molecule has 2 aromatic rings. The van der Waals surface area contributed by atoms with E-state index in [1.165, 1.54) is 0 Å². The lowest BCUT2D eigenvalue weighted by Crippen LogP contribution is -2.41. The van der Waals surface area contributed by atoms with Crippen LogP contribution in [0.2, 0.25) is 0 Å². The van der Waals surface area contributed by atoms with Crippen LogP contribution in [0.1, 0.15) is 11.1 Å². The summed E-state index contributed by atoms with van der Waals surface area (Å²) in [5, 5.41) is 9.56. The molecule has 0 aliphatic rings. The number of halogens is 11. The van der Waals surface area contributed by atoms with E-state index in [1.807, 2.05) is 0 Å². The van der Waals surface area contributed by atoms with Crippen LogP contribution >= 0.6 is 12.2 Å². The highest BCUT2D eigenvalue weighted by atomic mass is 32.1. The van der Waals surface area contributed by atoms with Gasteiger partial charge >= 0.3 is 24.5 Å². The summed E-state index contributed by atoms with van der Waals surface area (Å²) in [7, 11) is 0. The monoisotopic (exact) mass is 488 g/mol. The molecule has 2 rings (SSSR count). The van der Waals surface area contributed by atoms with Gasteiger partial charge in [-0.2, -0.15) is 48.3 Å². The third kappa shape index (κ3) is 4.99. The first-order valence-electron chi connectivity index (χ1n) is 7.56. The molecule has 0 radical (unpaired) electrons. The Morgan fingerprint density at radius 1 is 0.806 bits per heavy atom. The van der Waals surface area contributed by atoms with Crippen LogP contribution in [-0.4, -0.2) is 26.3 Å². The molecule has 0 atom stereocenters. The van der Waals surface area contributed by atoms with E-state index in [-0.39, 0.29) is 33.4 Å². The van der Waals surface area contributed by atoms with E-state index in [1.54, 1.807) is 0 Å². The summed E-state index contributed by atoms with van der Waals surface area (Å²) in [6.07, 6.45) is -16.8. The third-order valence-corrected chi connectivity index (χ3v) is 4.18. The Bertz CT molecular complexity index is 1080. The van der Waals surface area contributed by atoms with E-state index < -0.39 is 64.0 Å². The third-order valence-electron chi connectivity index (χ3n) is 3.77. The van der Waals surface area contributed by atoms with Crippen molar-refractivity contribution in [1.29, 1.82) is 0 Å². The number of rotatable bonds is 3. The van der Waals surface area contributed by atoms with Gasteiger partial charge in [0.05, 0.1) is 22.9 Å². The number of aromatic hydroxyl groups is 1. The molecule has 0 unspecified atom stereocenters. The average molecular weight is 488 g/mol. The Morgan fingerprint density at radius 2 is 1.26 bits per heavy atom. The second kappa shape index (κ2) is 7.49. The molecule has 0 aliphatic heterocycles. The average Bonchev–Trinajstić information content (AvgIpc) is 2.55. The van der Waals surface area contributed by atoms with Crippen molar-refractivity contribution in [3.63, 3.8) is 0 Å². The summed E-state index contributed by atoms with van der Waals surface area (Å²) in [6, 6.07) is -0.273. The maximum atomic E-state index is 13.4. The Morgan fingerprint density at radius 3 is 1.65 bits per heavy atom. The van der Waals surface area contributed by atoms with Gasteiger partial charge in [0.1, 0.15) is 6.54 Å². The summed E-state index contributed by atoms with van der Waals surface area (Å²) in [4.78, 5) is 12.0. The Kier molecular flexibility index (Phi) is 5.95. The predicted molar refractivity (Wildman–Crippen MR) is 83.5 cm³/mol. The van der Waals surface area contributed by atoms with Gasteiger partial charge in [0.2, 0.25) is 0 Å². The minimum atomic E-state index is -6.14. The van der Waals surface area contributed by atoms with Gasteiger partial charge in [-0.25, -0.2) is 0 Å². The van der Waals surface area contributed by atoms with Crippen molar-refractivity contribution >= 4 is 12.2 Å². The van der Waals surface area contributed by atoms with Crippen molar-refractivity contribution in [3.05, 3.63) is 50.5 Å². The van der Waals surface area contributed by atoms with Gasteiger partial charge in [-0.05, 0) is 30.4 Å². The molecule has 0 saturated heterocycles. The van der Waals surface area contributed by atoms with E-state index in [2.05, 4.69) is 12.2 Å². The Labute approximate surface area is 168 Å². The summed E-state index contributed by atoms with van der Waals surface area (Å²) >= 11 is 4.52. The molecule has 1 heterocycles. The van der Waals surface area contributed by atoms with Crippen molar-refractivity contribution in [2.45, 2.75) is 31.0 Å². The van der Waals surface area contributed by atoms with Crippen LogP contribution in [0.25, 0.3) is 5.69 Å². The Balaban J connectivity index is 2.84. The van der Waals surface area contributed by atoms with Crippen LogP contribution in [0.5, 0.6) is 5.88 Å². The van der Waals surface area contributed by atoms with Crippen LogP contribution in [-0.2, 0) is 18.9 Å². The van der Waals surface area contributed by atoms with Crippen LogP contribution in [0.3, 0.4) is 0 Å². The lowest BCUT2D eigenvalue weighted by Gasteiger charge is -2.22. The van der Waals surface area contributed by atoms with Gasteiger partial charge < -0.3 is 5.11 Å². The lowest BCUT2D eigenvalue weighted by molar-refractivity contribution is -0.287. The Hall–Kier alpha value is -2.65. The molecule has 172 valence electrons. The number of hydrogen-bond acceptors (Lipinski definition) is 3. The maximum absolute atomic E-state index is 13.4. The largest absolute Gasteiger partial charge is 0.494 e. The highest BCUT2D eigenvalue weighted by Crippen LogP contribution is 2.39. The van der Waals surface area contributed by atoms with Crippen molar-refractivity contribution in [2.75, 3.05) is 0 Å². The fourth-order valence-corrected chi connectivity index (χ4v) is 2.66. The molecule has 31 heavy (non-hydrogen) atoms. The molecule has 0 aliphatic carbocycles. The van der Waals surface area contributed by atoms with Crippen molar-refractivity contribution < 1.29 is 53.4 Å². The van der Waals surface area contributed by atoms with Gasteiger partial charge in [-0.1, -0.05) is 0 Å². The normalized spacial score (nSPS) is 13.5. The van der Waals surface area contributed by atoms with E-state index >= 15 is 0 Å². The molecule has 0 saturated carbocycles. The molecule has 1 aromatic carbocycles. The number of hydrogen-bond donors (Lipinski definition) is 1. The second-order valence-electron chi connectivity index (χ2n) is 6.01. The first-order chi connectivity index (χ1) is 13.8. The first kappa shape index (κ1) is 24.6. The van der Waals surface area contributed by atoms with Gasteiger partial charge in [0, 0.05) is 0 Å². The molecule has 1 N–H and O–H groups in total. The zero-order chi connectivity index (χ0) is 24.2. The number of alkyl halides is 11. The smallest absolute Gasteiger partial charge is 0.455 e. The molecule has 0 fully saturated rings. The maximum Gasteiger partial charge on any atom is 0.455 e. The number of benzene rings is 1. The molecule has 0 amide bonds. The molecule has 1 aromatic heterocycles. The second-order valence-corrected chi connectivity index (χ2v) is 6.38. The minimum Gasteiger partial charge on any atom is -0.494 e. The van der Waals surface area contributed by atoms with E-state index in [0.29, 0.717) is 0 Å². The van der Waals surface area contributed by atoms with Crippen LogP contribution in [0, 0.1) is 4.77 Å². The summed E-state index contributed by atoms with van der Waals surface area (Å²) < 4.78 is 140. The van der Waals surface area contributed by atoms with Crippen LogP contribution < -0.4 is 5.56 Å². The molecule has 0 bridgehead atoms. The quantitative estimate of drug-likeness (QED) is 0.471. The molecule has 16 heteroatoms. The molecular formula is C15H7F11N2O2S. The van der Waals surface area contributed by atoms with Gasteiger partial charge in [0.25, 0.3) is 5.56 Å². The summed E-state index contributed by atoms with van der Waals surface area (Å²) in [5.74, 6) is -7.03. The fourth-order valence-electron chi connectivity index (χ4n) is 2.31. The number of aromatic nitrogens is 2. The van der Waals surface area contributed by atoms with Gasteiger partial charge in [-0.3, -0.25) is 13.9 Å². The van der Waals surface area contributed by atoms with E-state index in [4.69, 9.17) is 0 Å². The summed E-state index contributed by atoms with van der Waals surface area (Å²) in [5.41, 5.74) is -6.61. The zero-order valence-electron chi connectivity index (χ0n) is 14.3. The van der Waals surface area contributed by atoms with Crippen molar-refractivity contribution in [2.24, 2.45) is 0 Å². The van der Waals surface area contributed by atoms with E-state index in [9.17, 15) is 58.2 Å².